The fraction of sp³-hybridized carbons (Fsp3) is 0.350. The Hall–Kier alpha value is -2.49. The summed E-state index contributed by atoms with van der Waals surface area (Å²) >= 11 is 0. The summed E-state index contributed by atoms with van der Waals surface area (Å²) in [6.45, 7) is 9.22. The smallest absolute Gasteiger partial charge is 0.243 e. The number of carbonyl (C=O) groups excluding carboxylic acids is 1. The molecule has 0 fully saturated rings. The fourth-order valence-electron chi connectivity index (χ4n) is 2.36. The van der Waals surface area contributed by atoms with Gasteiger partial charge in [0.1, 0.15) is 5.75 Å². The first-order chi connectivity index (χ1) is 11.4. The van der Waals surface area contributed by atoms with Crippen molar-refractivity contribution in [3.05, 3.63) is 53.6 Å². The molecule has 0 atom stereocenters. The molecule has 0 aliphatic carbocycles. The van der Waals surface area contributed by atoms with Crippen LogP contribution in [0.1, 0.15) is 25.0 Å². The Bertz CT molecular complexity index is 658. The van der Waals surface area contributed by atoms with Crippen LogP contribution in [0.2, 0.25) is 0 Å². The molecule has 0 spiro atoms. The van der Waals surface area contributed by atoms with E-state index < -0.39 is 0 Å². The van der Waals surface area contributed by atoms with Crippen molar-refractivity contribution in [1.82, 2.24) is 0 Å². The molecule has 0 radical (unpaired) electrons. The number of aryl methyl sites for hydroxylation is 2. The lowest BCUT2D eigenvalue weighted by atomic mass is 10.1. The average Bonchev–Trinajstić information content (AvgIpc) is 2.51. The number of ether oxygens (including phenoxy) is 1. The number of rotatable bonds is 7. The monoisotopic (exact) mass is 326 g/mol. The third kappa shape index (κ3) is 5.95. The van der Waals surface area contributed by atoms with Crippen molar-refractivity contribution in [3.63, 3.8) is 0 Å². The molecule has 2 aromatic carbocycles. The summed E-state index contributed by atoms with van der Waals surface area (Å²) in [5, 5.41) is 6.03. The highest BCUT2D eigenvalue weighted by Gasteiger charge is 2.04. The number of hydrogen-bond donors (Lipinski definition) is 2. The van der Waals surface area contributed by atoms with Gasteiger partial charge in [-0.25, -0.2) is 0 Å². The van der Waals surface area contributed by atoms with Gasteiger partial charge >= 0.3 is 0 Å². The molecule has 4 nitrogen and oxygen atoms in total. The largest absolute Gasteiger partial charge is 0.493 e. The summed E-state index contributed by atoms with van der Waals surface area (Å²) in [6.07, 6.45) is 0. The second-order valence-corrected chi connectivity index (χ2v) is 6.51. The van der Waals surface area contributed by atoms with Gasteiger partial charge in [0.15, 0.2) is 0 Å². The molecule has 2 rings (SSSR count). The Morgan fingerprint density at radius 3 is 2.21 bits per heavy atom. The maximum absolute atomic E-state index is 12.1. The zero-order valence-corrected chi connectivity index (χ0v) is 14.8. The Kier molecular flexibility index (Phi) is 6.24. The van der Waals surface area contributed by atoms with Crippen LogP contribution in [0.3, 0.4) is 0 Å². The van der Waals surface area contributed by atoms with Gasteiger partial charge in [0.25, 0.3) is 0 Å². The molecule has 0 aliphatic rings. The maximum Gasteiger partial charge on any atom is 0.243 e. The van der Waals surface area contributed by atoms with Crippen molar-refractivity contribution in [2.24, 2.45) is 5.92 Å². The second kappa shape index (κ2) is 8.39. The third-order valence-corrected chi connectivity index (χ3v) is 3.40. The van der Waals surface area contributed by atoms with Crippen LogP contribution >= 0.6 is 0 Å². The molecule has 0 aliphatic heterocycles. The first-order valence-electron chi connectivity index (χ1n) is 8.27. The molecule has 0 bridgehead atoms. The predicted molar refractivity (Wildman–Crippen MR) is 99.8 cm³/mol. The SMILES string of the molecule is Cc1cc(C)cc(NCC(=O)Nc2ccc(OCC(C)C)cc2)c1. The summed E-state index contributed by atoms with van der Waals surface area (Å²) in [4.78, 5) is 12.1. The van der Waals surface area contributed by atoms with E-state index in [0.29, 0.717) is 12.5 Å². The third-order valence-electron chi connectivity index (χ3n) is 3.40. The molecule has 2 aromatic rings. The molecular formula is C20H26N2O2. The van der Waals surface area contributed by atoms with Gasteiger partial charge in [-0.3, -0.25) is 4.79 Å². The van der Waals surface area contributed by atoms with E-state index >= 15 is 0 Å². The van der Waals surface area contributed by atoms with E-state index in [1.54, 1.807) is 0 Å². The first kappa shape index (κ1) is 17.9. The topological polar surface area (TPSA) is 50.4 Å². The second-order valence-electron chi connectivity index (χ2n) is 6.51. The normalized spacial score (nSPS) is 10.5. The van der Waals surface area contributed by atoms with E-state index in [4.69, 9.17) is 4.74 Å². The Labute approximate surface area is 144 Å². The minimum Gasteiger partial charge on any atom is -0.493 e. The van der Waals surface area contributed by atoms with E-state index in [1.165, 1.54) is 11.1 Å². The van der Waals surface area contributed by atoms with Crippen LogP contribution in [0.4, 0.5) is 11.4 Å². The molecular weight excluding hydrogens is 300 g/mol. The zero-order chi connectivity index (χ0) is 17.5. The Morgan fingerprint density at radius 2 is 1.62 bits per heavy atom. The molecule has 0 heterocycles. The standard InChI is InChI=1S/C20H26N2O2/c1-14(2)13-24-19-7-5-17(6-8-19)22-20(23)12-21-18-10-15(3)9-16(4)11-18/h5-11,14,21H,12-13H2,1-4H3,(H,22,23). The van der Waals surface area contributed by atoms with Crippen molar-refractivity contribution in [1.29, 1.82) is 0 Å². The predicted octanol–water partition coefficient (Wildman–Crippen LogP) is 4.39. The zero-order valence-electron chi connectivity index (χ0n) is 14.8. The van der Waals surface area contributed by atoms with Gasteiger partial charge in [-0.2, -0.15) is 0 Å². The minimum absolute atomic E-state index is 0.0787. The van der Waals surface area contributed by atoms with E-state index in [1.807, 2.05) is 50.2 Å². The number of benzene rings is 2. The molecule has 128 valence electrons. The summed E-state index contributed by atoms with van der Waals surface area (Å²) < 4.78 is 5.63. The van der Waals surface area contributed by atoms with Crippen molar-refractivity contribution >= 4 is 17.3 Å². The van der Waals surface area contributed by atoms with Gasteiger partial charge in [0, 0.05) is 11.4 Å². The summed E-state index contributed by atoms with van der Waals surface area (Å²) in [5.74, 6) is 1.22. The van der Waals surface area contributed by atoms with Gasteiger partial charge in [-0.1, -0.05) is 19.9 Å². The minimum atomic E-state index is -0.0787. The average molecular weight is 326 g/mol. The van der Waals surface area contributed by atoms with E-state index in [2.05, 4.69) is 30.5 Å². The van der Waals surface area contributed by atoms with Crippen LogP contribution in [0, 0.1) is 19.8 Å². The van der Waals surface area contributed by atoms with Gasteiger partial charge in [-0.15, -0.1) is 0 Å². The first-order valence-corrected chi connectivity index (χ1v) is 8.27. The summed E-state index contributed by atoms with van der Waals surface area (Å²) in [7, 11) is 0. The van der Waals surface area contributed by atoms with Crippen LogP contribution in [0.5, 0.6) is 5.75 Å². The van der Waals surface area contributed by atoms with E-state index in [-0.39, 0.29) is 12.5 Å². The Morgan fingerprint density at radius 1 is 1.00 bits per heavy atom. The number of hydrogen-bond acceptors (Lipinski definition) is 3. The van der Waals surface area contributed by atoms with E-state index in [0.717, 1.165) is 17.1 Å². The quantitative estimate of drug-likeness (QED) is 0.793. The molecule has 24 heavy (non-hydrogen) atoms. The molecule has 0 saturated carbocycles. The number of amides is 1. The van der Waals surface area contributed by atoms with Gasteiger partial charge in [0.05, 0.1) is 13.2 Å². The summed E-state index contributed by atoms with van der Waals surface area (Å²) in [6, 6.07) is 13.6. The van der Waals surface area contributed by atoms with Crippen molar-refractivity contribution in [3.8, 4) is 5.75 Å². The number of anilines is 2. The summed E-state index contributed by atoms with van der Waals surface area (Å²) in [5.41, 5.74) is 4.07. The van der Waals surface area contributed by atoms with Crippen LogP contribution < -0.4 is 15.4 Å². The lowest BCUT2D eigenvalue weighted by Crippen LogP contribution is -2.21. The van der Waals surface area contributed by atoms with Crippen LogP contribution in [0.25, 0.3) is 0 Å². The van der Waals surface area contributed by atoms with Crippen LogP contribution in [0.15, 0.2) is 42.5 Å². The van der Waals surface area contributed by atoms with Crippen molar-refractivity contribution < 1.29 is 9.53 Å². The molecule has 0 aromatic heterocycles. The molecule has 4 heteroatoms. The molecule has 0 saturated heterocycles. The highest BCUT2D eigenvalue weighted by atomic mass is 16.5. The Balaban J connectivity index is 1.83. The van der Waals surface area contributed by atoms with Crippen molar-refractivity contribution in [2.75, 3.05) is 23.8 Å². The van der Waals surface area contributed by atoms with Gasteiger partial charge in [-0.05, 0) is 67.3 Å². The lowest BCUT2D eigenvalue weighted by molar-refractivity contribution is -0.114. The molecule has 2 N–H and O–H groups in total. The molecule has 1 amide bonds. The highest BCUT2D eigenvalue weighted by molar-refractivity contribution is 5.93. The molecule has 0 unspecified atom stereocenters. The van der Waals surface area contributed by atoms with Gasteiger partial charge < -0.3 is 15.4 Å². The number of nitrogens with one attached hydrogen (secondary N) is 2. The van der Waals surface area contributed by atoms with Gasteiger partial charge in [0.2, 0.25) is 5.91 Å². The maximum atomic E-state index is 12.1. The van der Waals surface area contributed by atoms with Crippen LogP contribution in [-0.2, 0) is 4.79 Å². The highest BCUT2D eigenvalue weighted by Crippen LogP contribution is 2.17. The van der Waals surface area contributed by atoms with Crippen LogP contribution in [-0.4, -0.2) is 19.1 Å². The number of carbonyl (C=O) groups is 1. The lowest BCUT2D eigenvalue weighted by Gasteiger charge is -2.11. The fourth-order valence-corrected chi connectivity index (χ4v) is 2.36. The van der Waals surface area contributed by atoms with E-state index in [9.17, 15) is 4.79 Å². The van der Waals surface area contributed by atoms with Crippen molar-refractivity contribution in [2.45, 2.75) is 27.7 Å².